The third-order valence-corrected chi connectivity index (χ3v) is 3.24. The molecule has 24 heavy (non-hydrogen) atoms. The first-order chi connectivity index (χ1) is 11.5. The number of benzene rings is 1. The Morgan fingerprint density at radius 1 is 1.33 bits per heavy atom. The summed E-state index contributed by atoms with van der Waals surface area (Å²) in [6, 6.07) is 6.61. The third-order valence-electron chi connectivity index (χ3n) is 2.98. The van der Waals surface area contributed by atoms with Gasteiger partial charge in [0.2, 0.25) is 0 Å². The van der Waals surface area contributed by atoms with Crippen molar-refractivity contribution in [2.24, 2.45) is 0 Å². The number of halogens is 2. The number of hydrogen-bond donors (Lipinski definition) is 3. The molecule has 126 valence electrons. The van der Waals surface area contributed by atoms with E-state index in [-0.39, 0.29) is 30.1 Å². The van der Waals surface area contributed by atoms with Crippen molar-refractivity contribution in [3.8, 4) is 0 Å². The van der Waals surface area contributed by atoms with E-state index in [2.05, 4.69) is 15.7 Å². The molecule has 0 aliphatic carbocycles. The zero-order chi connectivity index (χ0) is 17.5. The van der Waals surface area contributed by atoms with Crippen molar-refractivity contribution in [3.05, 3.63) is 59.1 Å². The average Bonchev–Trinajstić information content (AvgIpc) is 3.02. The number of rotatable bonds is 6. The fraction of sp³-hybridized carbons (Fsp3) is 0.133. The summed E-state index contributed by atoms with van der Waals surface area (Å²) in [6.45, 7) is -0.150. The molecule has 0 aliphatic heterocycles. The zero-order valence-corrected chi connectivity index (χ0v) is 13.1. The lowest BCUT2D eigenvalue weighted by Crippen LogP contribution is -2.24. The van der Waals surface area contributed by atoms with Crippen LogP contribution >= 0.6 is 11.6 Å². The van der Waals surface area contributed by atoms with Crippen LogP contribution in [0.2, 0.25) is 5.02 Å². The second-order valence-corrected chi connectivity index (χ2v) is 5.25. The van der Waals surface area contributed by atoms with Gasteiger partial charge in [0.25, 0.3) is 5.91 Å². The third kappa shape index (κ3) is 5.10. The molecule has 1 aromatic heterocycles. The van der Waals surface area contributed by atoms with Crippen molar-refractivity contribution in [2.45, 2.75) is 6.54 Å². The number of nitrogens with one attached hydrogen (secondary N) is 2. The number of anilines is 1. The summed E-state index contributed by atoms with van der Waals surface area (Å²) in [5.74, 6) is -0.377. The lowest BCUT2D eigenvalue weighted by atomic mass is 10.3. The Labute approximate surface area is 141 Å². The molecule has 2 amide bonds. The van der Waals surface area contributed by atoms with E-state index in [1.54, 1.807) is 24.3 Å². The molecule has 2 aromatic rings. The predicted octanol–water partition coefficient (Wildman–Crippen LogP) is 2.91. The summed E-state index contributed by atoms with van der Waals surface area (Å²) in [4.78, 5) is 22.5. The Balaban J connectivity index is 1.97. The molecule has 7 nitrogen and oxygen atoms in total. The molecule has 0 bridgehead atoms. The standard InChI is InChI=1S/C15H14ClFN4O3/c16-12-1-3-13(4-2-12)20-14(22)11-7-19-21(9-11)8-10(5-17)6-18-15(23)24/h1-5,7,9,18H,6,8H2,(H,20,22)(H,23,24). The minimum absolute atomic E-state index is 0.0189. The second-order valence-electron chi connectivity index (χ2n) is 4.81. The van der Waals surface area contributed by atoms with Gasteiger partial charge < -0.3 is 15.7 Å². The van der Waals surface area contributed by atoms with Crippen LogP contribution in [0.4, 0.5) is 14.9 Å². The highest BCUT2D eigenvalue weighted by Crippen LogP contribution is 2.14. The van der Waals surface area contributed by atoms with E-state index in [0.717, 1.165) is 0 Å². The molecule has 9 heteroatoms. The summed E-state index contributed by atoms with van der Waals surface area (Å²) in [7, 11) is 0. The van der Waals surface area contributed by atoms with Crippen molar-refractivity contribution in [3.63, 3.8) is 0 Å². The smallest absolute Gasteiger partial charge is 0.404 e. The van der Waals surface area contributed by atoms with E-state index in [1.807, 2.05) is 0 Å². The van der Waals surface area contributed by atoms with E-state index < -0.39 is 6.09 Å². The first-order valence-corrected chi connectivity index (χ1v) is 7.20. The summed E-state index contributed by atoms with van der Waals surface area (Å²) < 4.78 is 14.1. The topological polar surface area (TPSA) is 96.2 Å². The van der Waals surface area contributed by atoms with Gasteiger partial charge in [0.15, 0.2) is 0 Å². The van der Waals surface area contributed by atoms with E-state index in [4.69, 9.17) is 16.7 Å². The highest BCUT2D eigenvalue weighted by Gasteiger charge is 2.10. The van der Waals surface area contributed by atoms with Gasteiger partial charge in [-0.2, -0.15) is 5.10 Å². The van der Waals surface area contributed by atoms with Crippen LogP contribution in [-0.2, 0) is 6.54 Å². The van der Waals surface area contributed by atoms with Gasteiger partial charge in [-0.25, -0.2) is 9.18 Å². The lowest BCUT2D eigenvalue weighted by molar-refractivity contribution is 0.102. The van der Waals surface area contributed by atoms with Crippen LogP contribution in [0, 0.1) is 0 Å². The van der Waals surface area contributed by atoms with Gasteiger partial charge in [0.05, 0.1) is 24.6 Å². The fourth-order valence-corrected chi connectivity index (χ4v) is 1.96. The maximum atomic E-state index is 12.8. The molecule has 3 N–H and O–H groups in total. The van der Waals surface area contributed by atoms with E-state index in [1.165, 1.54) is 17.1 Å². The van der Waals surface area contributed by atoms with Gasteiger partial charge >= 0.3 is 6.09 Å². The molecule has 0 unspecified atom stereocenters. The van der Waals surface area contributed by atoms with Gasteiger partial charge in [-0.1, -0.05) is 11.6 Å². The number of carboxylic acid groups (broad SMARTS) is 1. The van der Waals surface area contributed by atoms with Crippen LogP contribution in [0.15, 0.2) is 48.6 Å². The molecular formula is C15H14ClFN4O3. The number of aromatic nitrogens is 2. The molecule has 0 aliphatic rings. The molecule has 0 radical (unpaired) electrons. The van der Waals surface area contributed by atoms with Crippen molar-refractivity contribution in [1.29, 1.82) is 0 Å². The molecule has 0 saturated carbocycles. The van der Waals surface area contributed by atoms with Crippen LogP contribution in [0.3, 0.4) is 0 Å². The molecule has 1 heterocycles. The van der Waals surface area contributed by atoms with Crippen LogP contribution in [0.5, 0.6) is 0 Å². The van der Waals surface area contributed by atoms with Gasteiger partial charge in [-0.15, -0.1) is 0 Å². The zero-order valence-electron chi connectivity index (χ0n) is 12.4. The van der Waals surface area contributed by atoms with Crippen molar-refractivity contribution >= 4 is 29.3 Å². The normalized spacial score (nSPS) is 11.2. The molecule has 0 spiro atoms. The Bertz CT molecular complexity index is 758. The highest BCUT2D eigenvalue weighted by atomic mass is 35.5. The minimum Gasteiger partial charge on any atom is -0.465 e. The molecule has 0 atom stereocenters. The molecule has 0 fully saturated rings. The second kappa shape index (κ2) is 8.11. The molecule has 1 aromatic carbocycles. The van der Waals surface area contributed by atoms with Crippen molar-refractivity contribution < 1.29 is 19.1 Å². The van der Waals surface area contributed by atoms with Gasteiger partial charge in [0.1, 0.15) is 0 Å². The van der Waals surface area contributed by atoms with Gasteiger partial charge in [-0.3, -0.25) is 9.48 Å². The monoisotopic (exact) mass is 352 g/mol. The van der Waals surface area contributed by atoms with E-state index >= 15 is 0 Å². The van der Waals surface area contributed by atoms with Crippen molar-refractivity contribution in [2.75, 3.05) is 11.9 Å². The molecule has 0 saturated heterocycles. The number of amides is 2. The fourth-order valence-electron chi connectivity index (χ4n) is 1.83. The quantitative estimate of drug-likeness (QED) is 0.744. The Morgan fingerprint density at radius 3 is 2.67 bits per heavy atom. The Hall–Kier alpha value is -2.87. The number of nitrogens with zero attached hydrogens (tertiary/aromatic N) is 2. The lowest BCUT2D eigenvalue weighted by Gasteiger charge is -2.06. The SMILES string of the molecule is O=C(O)NCC(=CF)Cn1cc(C(=O)Nc2ccc(Cl)cc2)cn1. The van der Waals surface area contributed by atoms with Crippen LogP contribution in [0.25, 0.3) is 0 Å². The van der Waals surface area contributed by atoms with Gasteiger partial charge in [-0.05, 0) is 29.8 Å². The van der Waals surface area contributed by atoms with Crippen LogP contribution in [0.1, 0.15) is 10.4 Å². The van der Waals surface area contributed by atoms with Crippen LogP contribution < -0.4 is 10.6 Å². The maximum Gasteiger partial charge on any atom is 0.404 e. The molecule has 2 rings (SSSR count). The first-order valence-electron chi connectivity index (χ1n) is 6.82. The average molecular weight is 353 g/mol. The Morgan fingerprint density at radius 2 is 2.04 bits per heavy atom. The summed E-state index contributed by atoms with van der Waals surface area (Å²) in [6.07, 6.45) is 1.84. The van der Waals surface area contributed by atoms with E-state index in [9.17, 15) is 14.0 Å². The number of carbonyl (C=O) groups excluding carboxylic acids is 1. The van der Waals surface area contributed by atoms with Gasteiger partial charge in [0, 0.05) is 23.5 Å². The summed E-state index contributed by atoms with van der Waals surface area (Å²) in [5.41, 5.74) is 1.03. The van der Waals surface area contributed by atoms with Crippen molar-refractivity contribution in [1.82, 2.24) is 15.1 Å². The summed E-state index contributed by atoms with van der Waals surface area (Å²) in [5, 5.41) is 17.8. The molecular weight excluding hydrogens is 339 g/mol. The highest BCUT2D eigenvalue weighted by molar-refractivity contribution is 6.30. The minimum atomic E-state index is -1.25. The van der Waals surface area contributed by atoms with Crippen LogP contribution in [-0.4, -0.2) is 33.4 Å². The first kappa shape index (κ1) is 17.5. The number of hydrogen-bond acceptors (Lipinski definition) is 3. The predicted molar refractivity (Wildman–Crippen MR) is 86.9 cm³/mol. The maximum absolute atomic E-state index is 12.8. The van der Waals surface area contributed by atoms with E-state index in [0.29, 0.717) is 17.0 Å². The summed E-state index contributed by atoms with van der Waals surface area (Å²) >= 11 is 5.77. The number of carbonyl (C=O) groups is 2. The Kier molecular flexibility index (Phi) is 5.91. The largest absolute Gasteiger partial charge is 0.465 e.